The first-order valence-electron chi connectivity index (χ1n) is 8.78. The number of carbonyl (C=O) groups is 1. The van der Waals surface area contributed by atoms with Gasteiger partial charge in [0.25, 0.3) is 0 Å². The molecule has 1 saturated heterocycles. The van der Waals surface area contributed by atoms with Gasteiger partial charge in [-0.05, 0) is 24.3 Å². The minimum atomic E-state index is -0.497. The zero-order chi connectivity index (χ0) is 21.0. The number of anilines is 3. The number of benzene rings is 2. The van der Waals surface area contributed by atoms with Gasteiger partial charge in [0, 0.05) is 24.8 Å². The zero-order valence-electron chi connectivity index (χ0n) is 15.9. The van der Waals surface area contributed by atoms with Gasteiger partial charge in [0.15, 0.2) is 0 Å². The number of halogens is 2. The number of hydrogen-bond acceptors (Lipinski definition) is 6. The molecule has 2 aromatic rings. The maximum atomic E-state index is 12.7. The van der Waals surface area contributed by atoms with Gasteiger partial charge in [0.1, 0.15) is 17.2 Å². The molecule has 156 valence electrons. The van der Waals surface area contributed by atoms with Gasteiger partial charge in [0.2, 0.25) is 0 Å². The first kappa shape index (κ1) is 21.7. The van der Waals surface area contributed by atoms with Gasteiger partial charge in [-0.15, -0.1) is 0 Å². The fourth-order valence-electron chi connectivity index (χ4n) is 2.94. The lowest BCUT2D eigenvalue weighted by atomic mass is 10.2. The van der Waals surface area contributed by atoms with Crippen molar-refractivity contribution in [1.29, 1.82) is 0 Å². The van der Waals surface area contributed by atoms with Crippen LogP contribution < -0.4 is 24.0 Å². The van der Waals surface area contributed by atoms with E-state index in [-0.39, 0.29) is 0 Å². The summed E-state index contributed by atoms with van der Waals surface area (Å²) < 4.78 is 17.0. The summed E-state index contributed by atoms with van der Waals surface area (Å²) in [5.41, 5.74) is 1.81. The van der Waals surface area contributed by atoms with E-state index in [2.05, 4.69) is 23.0 Å². The molecule has 0 aliphatic carbocycles. The molecule has 0 radical (unpaired) electrons. The van der Waals surface area contributed by atoms with Crippen molar-refractivity contribution >= 4 is 59.1 Å². The second-order valence-electron chi connectivity index (χ2n) is 6.17. The van der Waals surface area contributed by atoms with E-state index < -0.39 is 6.03 Å². The Labute approximate surface area is 185 Å². The molecular formula is C19H21Cl2N3O4S. The normalized spacial score (nSPS) is 13.8. The summed E-state index contributed by atoms with van der Waals surface area (Å²) in [6.07, 6.45) is 0. The number of amides is 2. The number of nitrogens with one attached hydrogen (secondary N) is 1. The number of rotatable bonds is 5. The fourth-order valence-corrected chi connectivity index (χ4v) is 3.68. The van der Waals surface area contributed by atoms with Crippen LogP contribution in [0.3, 0.4) is 0 Å². The minimum Gasteiger partial charge on any atom is -0.495 e. The summed E-state index contributed by atoms with van der Waals surface area (Å²) in [6.45, 7) is 2.87. The molecule has 0 aromatic heterocycles. The highest BCUT2D eigenvalue weighted by molar-refractivity contribution is 7.82. The van der Waals surface area contributed by atoms with Crippen molar-refractivity contribution in [2.75, 3.05) is 55.0 Å². The molecule has 2 aromatic carbocycles. The van der Waals surface area contributed by atoms with Crippen molar-refractivity contribution in [3.05, 3.63) is 40.4 Å². The Morgan fingerprint density at radius 3 is 2.41 bits per heavy atom. The van der Waals surface area contributed by atoms with E-state index in [1.54, 1.807) is 24.3 Å². The quantitative estimate of drug-likeness (QED) is 0.635. The molecule has 7 nitrogen and oxygen atoms in total. The summed E-state index contributed by atoms with van der Waals surface area (Å²) in [5.74, 6) is 0.817. The average Bonchev–Trinajstić information content (AvgIpc) is 2.73. The smallest absolute Gasteiger partial charge is 0.336 e. The summed E-state index contributed by atoms with van der Waals surface area (Å²) in [6, 6.07) is 7.99. The summed E-state index contributed by atoms with van der Waals surface area (Å²) >= 11 is 16.9. The van der Waals surface area contributed by atoms with Gasteiger partial charge >= 0.3 is 6.03 Å². The van der Waals surface area contributed by atoms with Gasteiger partial charge in [-0.2, -0.15) is 0 Å². The van der Waals surface area contributed by atoms with Gasteiger partial charge in [-0.3, -0.25) is 0 Å². The number of thiol groups is 1. The van der Waals surface area contributed by atoms with Crippen LogP contribution in [0, 0.1) is 0 Å². The average molecular weight is 458 g/mol. The molecule has 0 spiro atoms. The molecule has 0 atom stereocenters. The molecule has 0 unspecified atom stereocenters. The third-order valence-corrected chi connectivity index (χ3v) is 5.42. The van der Waals surface area contributed by atoms with Crippen molar-refractivity contribution in [2.24, 2.45) is 0 Å². The third kappa shape index (κ3) is 4.95. The fraction of sp³-hybridized carbons (Fsp3) is 0.316. The molecule has 1 N–H and O–H groups in total. The van der Waals surface area contributed by atoms with Crippen LogP contribution in [-0.4, -0.2) is 46.6 Å². The van der Waals surface area contributed by atoms with Crippen molar-refractivity contribution in [3.8, 4) is 11.5 Å². The van der Waals surface area contributed by atoms with Crippen molar-refractivity contribution in [2.45, 2.75) is 0 Å². The Kier molecular flexibility index (Phi) is 7.23. The highest BCUT2D eigenvalue weighted by Gasteiger charge is 2.20. The van der Waals surface area contributed by atoms with E-state index in [1.807, 2.05) is 6.07 Å². The van der Waals surface area contributed by atoms with Crippen LogP contribution in [0.15, 0.2) is 30.3 Å². The van der Waals surface area contributed by atoms with E-state index in [9.17, 15) is 4.79 Å². The van der Waals surface area contributed by atoms with Gasteiger partial charge in [-0.1, -0.05) is 36.0 Å². The maximum Gasteiger partial charge on any atom is 0.336 e. The molecule has 1 aliphatic heterocycles. The van der Waals surface area contributed by atoms with Crippen molar-refractivity contribution in [1.82, 2.24) is 0 Å². The molecular weight excluding hydrogens is 437 g/mol. The number of ether oxygens (including phenoxy) is 3. The molecule has 0 saturated carbocycles. The second-order valence-corrected chi connectivity index (χ2v) is 7.38. The largest absolute Gasteiger partial charge is 0.495 e. The highest BCUT2D eigenvalue weighted by Crippen LogP contribution is 2.39. The molecule has 1 fully saturated rings. The summed E-state index contributed by atoms with van der Waals surface area (Å²) in [5, 5.41) is 3.63. The number of methoxy groups -OCH3 is 2. The number of hydrogen-bond donors (Lipinski definition) is 2. The number of carbonyl (C=O) groups excluding carboxylic acids is 1. The molecule has 29 heavy (non-hydrogen) atoms. The first-order chi connectivity index (χ1) is 13.9. The molecule has 1 aliphatic rings. The van der Waals surface area contributed by atoms with E-state index in [1.165, 1.54) is 14.2 Å². The van der Waals surface area contributed by atoms with E-state index >= 15 is 0 Å². The van der Waals surface area contributed by atoms with Crippen molar-refractivity contribution in [3.63, 3.8) is 0 Å². The number of urea groups is 1. The standard InChI is InChI=1S/C19H21Cl2N3O4S/c1-26-17-11-18(27-2)16(10-14(17)21)24(29)19(25)22-12-3-4-15(13(20)9-12)23-5-7-28-8-6-23/h3-4,9-11,29H,5-8H2,1-2H3,(H,22,25). The Hall–Kier alpha value is -2.00. The molecule has 0 bridgehead atoms. The number of morpholine rings is 1. The molecule has 3 rings (SSSR count). The Morgan fingerprint density at radius 1 is 1.10 bits per heavy atom. The number of nitrogens with zero attached hydrogens (tertiary/aromatic N) is 2. The van der Waals surface area contributed by atoms with Gasteiger partial charge in [-0.25, -0.2) is 9.10 Å². The third-order valence-electron chi connectivity index (χ3n) is 4.42. The molecule has 10 heteroatoms. The van der Waals surface area contributed by atoms with Crippen LogP contribution in [0.25, 0.3) is 0 Å². The maximum absolute atomic E-state index is 12.7. The van der Waals surface area contributed by atoms with Crippen LogP contribution >= 0.6 is 36.0 Å². The Morgan fingerprint density at radius 2 is 1.79 bits per heavy atom. The van der Waals surface area contributed by atoms with Crippen LogP contribution in [0.5, 0.6) is 11.5 Å². The zero-order valence-corrected chi connectivity index (χ0v) is 18.4. The lowest BCUT2D eigenvalue weighted by Gasteiger charge is -2.29. The van der Waals surface area contributed by atoms with Crippen LogP contribution in [-0.2, 0) is 4.74 Å². The van der Waals surface area contributed by atoms with Gasteiger partial charge in [0.05, 0.1) is 43.2 Å². The first-order valence-corrected chi connectivity index (χ1v) is 9.94. The van der Waals surface area contributed by atoms with E-state index in [0.717, 1.165) is 23.1 Å². The molecule has 2 amide bonds. The Balaban J connectivity index is 1.76. The SMILES string of the molecule is COc1cc(OC)c(N(S)C(=O)Nc2ccc(N3CCOCC3)c(Cl)c2)cc1Cl. The van der Waals surface area contributed by atoms with Crippen LogP contribution in [0.4, 0.5) is 21.9 Å². The lowest BCUT2D eigenvalue weighted by Crippen LogP contribution is -2.36. The van der Waals surface area contributed by atoms with E-state index in [0.29, 0.717) is 46.1 Å². The topological polar surface area (TPSA) is 63.3 Å². The van der Waals surface area contributed by atoms with Crippen molar-refractivity contribution < 1.29 is 19.0 Å². The highest BCUT2D eigenvalue weighted by atomic mass is 35.5. The monoisotopic (exact) mass is 457 g/mol. The van der Waals surface area contributed by atoms with Crippen LogP contribution in [0.1, 0.15) is 0 Å². The Bertz CT molecular complexity index is 894. The second kappa shape index (κ2) is 9.67. The predicted molar refractivity (Wildman–Crippen MR) is 120 cm³/mol. The van der Waals surface area contributed by atoms with E-state index in [4.69, 9.17) is 37.4 Å². The van der Waals surface area contributed by atoms with Crippen LogP contribution in [0.2, 0.25) is 10.0 Å². The predicted octanol–water partition coefficient (Wildman–Crippen LogP) is 4.73. The summed E-state index contributed by atoms with van der Waals surface area (Å²) in [4.78, 5) is 14.8. The minimum absolute atomic E-state index is 0.327. The lowest BCUT2D eigenvalue weighted by molar-refractivity contribution is 0.122. The molecule has 1 heterocycles. The van der Waals surface area contributed by atoms with Gasteiger partial charge < -0.3 is 24.4 Å². The summed E-state index contributed by atoms with van der Waals surface area (Å²) in [7, 11) is 2.98.